The standard InChI is InChI=1S/C27H37F3N6O2S/c28-27(29,30)21-7-9-24(10-8-21)39(37,38)36-18-12-23(13-19-36)35-17-5-6-22(20-35)32-26-31-14-11-25(33-26)34-15-3-1-2-4-16-34/h7-11,14,22-23H,1-6,12-13,15-20H2,(H,31,32,33). The molecule has 39 heavy (non-hydrogen) atoms. The van der Waals surface area contributed by atoms with Gasteiger partial charge in [-0.15, -0.1) is 0 Å². The van der Waals surface area contributed by atoms with Crippen LogP contribution in [0.25, 0.3) is 0 Å². The lowest BCUT2D eigenvalue weighted by molar-refractivity contribution is -0.137. The highest BCUT2D eigenvalue weighted by Crippen LogP contribution is 2.31. The second kappa shape index (κ2) is 12.0. The molecule has 0 amide bonds. The molecule has 1 aromatic heterocycles. The maximum absolute atomic E-state index is 13.1. The topological polar surface area (TPSA) is 81.7 Å². The fourth-order valence-corrected chi connectivity index (χ4v) is 7.42. The molecule has 3 aliphatic heterocycles. The molecule has 0 aliphatic carbocycles. The predicted molar refractivity (Wildman–Crippen MR) is 144 cm³/mol. The van der Waals surface area contributed by atoms with Gasteiger partial charge < -0.3 is 10.2 Å². The molecule has 3 aliphatic rings. The normalized spacial score (nSPS) is 22.9. The molecule has 2 aromatic rings. The number of rotatable bonds is 6. The highest BCUT2D eigenvalue weighted by atomic mass is 32.2. The number of benzene rings is 1. The number of piperidine rings is 2. The number of alkyl halides is 3. The molecule has 0 spiro atoms. The van der Waals surface area contributed by atoms with Gasteiger partial charge in [0.25, 0.3) is 0 Å². The van der Waals surface area contributed by atoms with Crippen molar-refractivity contribution >= 4 is 21.8 Å². The minimum absolute atomic E-state index is 0.0985. The van der Waals surface area contributed by atoms with Crippen molar-refractivity contribution in [1.82, 2.24) is 19.2 Å². The number of anilines is 2. The SMILES string of the molecule is O=S(=O)(c1ccc(C(F)(F)F)cc1)N1CCC(N2CCCC(Nc3nccc(N4CCCCCC4)n3)C2)CC1. The van der Waals surface area contributed by atoms with Gasteiger partial charge in [0.1, 0.15) is 5.82 Å². The van der Waals surface area contributed by atoms with E-state index in [1.54, 1.807) is 0 Å². The summed E-state index contributed by atoms with van der Waals surface area (Å²) in [6, 6.07) is 6.21. The van der Waals surface area contributed by atoms with Crippen LogP contribution in [0.5, 0.6) is 0 Å². The molecule has 0 saturated carbocycles. The van der Waals surface area contributed by atoms with E-state index in [1.165, 1.54) is 30.0 Å². The van der Waals surface area contributed by atoms with Gasteiger partial charge in [-0.1, -0.05) is 12.8 Å². The van der Waals surface area contributed by atoms with Crippen LogP contribution < -0.4 is 10.2 Å². The molecule has 214 valence electrons. The Balaban J connectivity index is 1.15. The first kappa shape index (κ1) is 28.1. The average Bonchev–Trinajstić information content (AvgIpc) is 3.23. The number of halogens is 3. The Morgan fingerprint density at radius 1 is 0.846 bits per heavy atom. The summed E-state index contributed by atoms with van der Waals surface area (Å²) in [5.41, 5.74) is -0.854. The molecule has 1 atom stereocenters. The second-order valence-corrected chi connectivity index (χ2v) is 12.7. The molecule has 12 heteroatoms. The van der Waals surface area contributed by atoms with E-state index in [0.717, 1.165) is 69.1 Å². The van der Waals surface area contributed by atoms with Gasteiger partial charge in [0.2, 0.25) is 16.0 Å². The zero-order valence-electron chi connectivity index (χ0n) is 22.1. The lowest BCUT2D eigenvalue weighted by atomic mass is 9.99. The smallest absolute Gasteiger partial charge is 0.356 e. The Bertz CT molecular complexity index is 1190. The number of nitrogens with zero attached hydrogens (tertiary/aromatic N) is 5. The minimum atomic E-state index is -4.50. The van der Waals surface area contributed by atoms with Gasteiger partial charge >= 0.3 is 6.18 Å². The number of aromatic nitrogens is 2. The van der Waals surface area contributed by atoms with Gasteiger partial charge in [0, 0.05) is 51.0 Å². The van der Waals surface area contributed by atoms with Crippen molar-refractivity contribution in [3.05, 3.63) is 42.1 Å². The summed E-state index contributed by atoms with van der Waals surface area (Å²) < 4.78 is 66.1. The molecular formula is C27H37F3N6O2S. The molecule has 3 saturated heterocycles. The van der Waals surface area contributed by atoms with Gasteiger partial charge in [0.15, 0.2) is 0 Å². The molecule has 1 N–H and O–H groups in total. The van der Waals surface area contributed by atoms with Crippen molar-refractivity contribution in [2.24, 2.45) is 0 Å². The maximum Gasteiger partial charge on any atom is 0.416 e. The molecule has 4 heterocycles. The highest BCUT2D eigenvalue weighted by Gasteiger charge is 2.35. The van der Waals surface area contributed by atoms with Crippen LogP contribution in [0.2, 0.25) is 0 Å². The average molecular weight is 567 g/mol. The molecule has 0 radical (unpaired) electrons. The first-order valence-electron chi connectivity index (χ1n) is 14.0. The number of hydrogen-bond acceptors (Lipinski definition) is 7. The van der Waals surface area contributed by atoms with Crippen molar-refractivity contribution in [2.45, 2.75) is 74.5 Å². The molecular weight excluding hydrogens is 529 g/mol. The summed E-state index contributed by atoms with van der Waals surface area (Å²) in [6.45, 7) is 4.56. The maximum atomic E-state index is 13.1. The van der Waals surface area contributed by atoms with Gasteiger partial charge in [-0.05, 0) is 75.4 Å². The van der Waals surface area contributed by atoms with E-state index in [1.807, 2.05) is 12.3 Å². The fourth-order valence-electron chi connectivity index (χ4n) is 5.95. The number of nitrogens with one attached hydrogen (secondary N) is 1. The second-order valence-electron chi connectivity index (χ2n) is 10.8. The van der Waals surface area contributed by atoms with Crippen LogP contribution in [0.1, 0.15) is 56.9 Å². The van der Waals surface area contributed by atoms with Crippen LogP contribution in [0.3, 0.4) is 0 Å². The molecule has 8 nitrogen and oxygen atoms in total. The Morgan fingerprint density at radius 3 is 2.21 bits per heavy atom. The predicted octanol–water partition coefficient (Wildman–Crippen LogP) is 4.61. The van der Waals surface area contributed by atoms with Gasteiger partial charge in [-0.2, -0.15) is 22.5 Å². The molecule has 5 rings (SSSR count). The van der Waals surface area contributed by atoms with Crippen molar-refractivity contribution in [2.75, 3.05) is 49.5 Å². The Labute approximate surface area is 228 Å². The zero-order chi connectivity index (χ0) is 27.5. The molecule has 1 aromatic carbocycles. The number of likely N-dealkylation sites (tertiary alicyclic amines) is 1. The summed E-state index contributed by atoms with van der Waals surface area (Å²) >= 11 is 0. The van der Waals surface area contributed by atoms with E-state index in [2.05, 4.69) is 20.1 Å². The first-order valence-corrected chi connectivity index (χ1v) is 15.4. The third-order valence-corrected chi connectivity index (χ3v) is 10.0. The Kier molecular flexibility index (Phi) is 8.63. The van der Waals surface area contributed by atoms with Crippen molar-refractivity contribution < 1.29 is 21.6 Å². The van der Waals surface area contributed by atoms with Crippen LogP contribution >= 0.6 is 0 Å². The lowest BCUT2D eigenvalue weighted by Gasteiger charge is -2.42. The van der Waals surface area contributed by atoms with Gasteiger partial charge in [-0.25, -0.2) is 13.4 Å². The van der Waals surface area contributed by atoms with Crippen molar-refractivity contribution in [3.63, 3.8) is 0 Å². The summed E-state index contributed by atoms with van der Waals surface area (Å²) in [6.07, 6.45) is 5.68. The Morgan fingerprint density at radius 2 is 1.54 bits per heavy atom. The summed E-state index contributed by atoms with van der Waals surface area (Å²) in [4.78, 5) is 14.0. The van der Waals surface area contributed by atoms with E-state index in [0.29, 0.717) is 31.9 Å². The van der Waals surface area contributed by atoms with Crippen molar-refractivity contribution in [1.29, 1.82) is 0 Å². The van der Waals surface area contributed by atoms with Crippen molar-refractivity contribution in [3.8, 4) is 0 Å². The number of sulfonamides is 1. The summed E-state index contributed by atoms with van der Waals surface area (Å²) in [7, 11) is -3.83. The van der Waals surface area contributed by atoms with Crippen LogP contribution in [0, 0.1) is 0 Å². The fraction of sp³-hybridized carbons (Fsp3) is 0.630. The summed E-state index contributed by atoms with van der Waals surface area (Å²) in [5.74, 6) is 1.63. The first-order chi connectivity index (χ1) is 18.7. The van der Waals surface area contributed by atoms with Gasteiger partial charge in [-0.3, -0.25) is 4.90 Å². The molecule has 1 unspecified atom stereocenters. The molecule has 0 bridgehead atoms. The quantitative estimate of drug-likeness (QED) is 0.547. The van der Waals surface area contributed by atoms with Crippen LogP contribution in [0.15, 0.2) is 41.4 Å². The van der Waals surface area contributed by atoms with Crippen LogP contribution in [0.4, 0.5) is 24.9 Å². The van der Waals surface area contributed by atoms with E-state index >= 15 is 0 Å². The highest BCUT2D eigenvalue weighted by molar-refractivity contribution is 7.89. The number of hydrogen-bond donors (Lipinski definition) is 1. The third kappa shape index (κ3) is 6.83. The largest absolute Gasteiger partial charge is 0.416 e. The van der Waals surface area contributed by atoms with E-state index in [4.69, 9.17) is 4.98 Å². The van der Waals surface area contributed by atoms with Crippen LogP contribution in [-0.4, -0.2) is 78.9 Å². The van der Waals surface area contributed by atoms with Crippen LogP contribution in [-0.2, 0) is 16.2 Å². The monoisotopic (exact) mass is 566 g/mol. The van der Waals surface area contributed by atoms with Gasteiger partial charge in [0.05, 0.1) is 10.5 Å². The Hall–Kier alpha value is -2.44. The minimum Gasteiger partial charge on any atom is -0.356 e. The zero-order valence-corrected chi connectivity index (χ0v) is 22.9. The molecule has 3 fully saturated rings. The third-order valence-electron chi connectivity index (χ3n) is 8.12. The van der Waals surface area contributed by atoms with E-state index in [-0.39, 0.29) is 17.0 Å². The summed E-state index contributed by atoms with van der Waals surface area (Å²) in [5, 5.41) is 3.54. The van der Waals surface area contributed by atoms with E-state index < -0.39 is 21.8 Å². The lowest BCUT2D eigenvalue weighted by Crippen LogP contribution is -2.51. The van der Waals surface area contributed by atoms with E-state index in [9.17, 15) is 21.6 Å².